The summed E-state index contributed by atoms with van der Waals surface area (Å²) >= 11 is 5.90. The molecular weight excluding hydrogens is 464 g/mol. The molecule has 8 nitrogen and oxygen atoms in total. The summed E-state index contributed by atoms with van der Waals surface area (Å²) in [6.07, 6.45) is 1.25. The van der Waals surface area contributed by atoms with Crippen LogP contribution < -0.4 is 5.32 Å². The first-order valence-electron chi connectivity index (χ1n) is 10.7. The van der Waals surface area contributed by atoms with Crippen LogP contribution >= 0.6 is 11.6 Å². The van der Waals surface area contributed by atoms with Gasteiger partial charge in [-0.1, -0.05) is 41.0 Å². The number of nitrogens with one attached hydrogen (secondary N) is 1. The van der Waals surface area contributed by atoms with Crippen molar-refractivity contribution in [3.8, 4) is 11.4 Å². The van der Waals surface area contributed by atoms with Crippen LogP contribution in [0, 0.1) is 19.8 Å². The second-order valence-corrected chi connectivity index (χ2v) is 10.5. The molecule has 174 valence electrons. The molecule has 1 aliphatic heterocycles. The molecule has 1 amide bonds. The number of piperidine rings is 1. The molecule has 1 fully saturated rings. The predicted molar refractivity (Wildman–Crippen MR) is 124 cm³/mol. The maximum atomic E-state index is 13.5. The Hall–Kier alpha value is -2.75. The summed E-state index contributed by atoms with van der Waals surface area (Å²) in [5.41, 5.74) is 2.11. The second-order valence-electron chi connectivity index (χ2n) is 8.16. The van der Waals surface area contributed by atoms with Crippen molar-refractivity contribution in [2.45, 2.75) is 38.1 Å². The molecule has 0 saturated carbocycles. The molecule has 0 radical (unpaired) electrons. The smallest absolute Gasteiger partial charge is 0.243 e. The van der Waals surface area contributed by atoms with Crippen LogP contribution in [0.1, 0.15) is 29.9 Å². The fourth-order valence-electron chi connectivity index (χ4n) is 3.88. The van der Waals surface area contributed by atoms with Crippen molar-refractivity contribution >= 4 is 27.5 Å². The summed E-state index contributed by atoms with van der Waals surface area (Å²) in [4.78, 5) is 17.1. The molecule has 4 rings (SSSR count). The molecule has 0 spiro atoms. The van der Waals surface area contributed by atoms with E-state index in [2.05, 4.69) is 15.5 Å². The quantitative estimate of drug-likeness (QED) is 0.566. The van der Waals surface area contributed by atoms with Gasteiger partial charge in [-0.25, -0.2) is 8.42 Å². The Morgan fingerprint density at radius 3 is 2.67 bits per heavy atom. The van der Waals surface area contributed by atoms with E-state index in [9.17, 15) is 13.2 Å². The Morgan fingerprint density at radius 1 is 1.21 bits per heavy atom. The first-order chi connectivity index (χ1) is 15.7. The lowest BCUT2D eigenvalue weighted by Gasteiger charge is -2.31. The monoisotopic (exact) mass is 488 g/mol. The van der Waals surface area contributed by atoms with Crippen LogP contribution in [0.15, 0.2) is 51.9 Å². The molecule has 1 N–H and O–H groups in total. The van der Waals surface area contributed by atoms with Gasteiger partial charge in [-0.15, -0.1) is 0 Å². The molecule has 2 aromatic carbocycles. The van der Waals surface area contributed by atoms with Gasteiger partial charge in [-0.2, -0.15) is 9.29 Å². The molecule has 1 aromatic heterocycles. The van der Waals surface area contributed by atoms with Gasteiger partial charge < -0.3 is 9.84 Å². The van der Waals surface area contributed by atoms with E-state index in [0.29, 0.717) is 53.8 Å². The molecule has 3 aromatic rings. The summed E-state index contributed by atoms with van der Waals surface area (Å²) in [6, 6.07) is 12.3. The lowest BCUT2D eigenvalue weighted by Crippen LogP contribution is -2.45. The van der Waals surface area contributed by atoms with Crippen molar-refractivity contribution in [3.05, 3.63) is 64.5 Å². The van der Waals surface area contributed by atoms with Gasteiger partial charge in [0.1, 0.15) is 0 Å². The highest BCUT2D eigenvalue weighted by atomic mass is 35.5. The van der Waals surface area contributed by atoms with Crippen LogP contribution in [-0.4, -0.2) is 41.9 Å². The van der Waals surface area contributed by atoms with E-state index in [1.54, 1.807) is 44.2 Å². The Morgan fingerprint density at radius 2 is 1.97 bits per heavy atom. The normalized spacial score (nSPS) is 17.1. The van der Waals surface area contributed by atoms with Crippen LogP contribution in [0.3, 0.4) is 0 Å². The number of aryl methyl sites for hydroxylation is 2. The van der Waals surface area contributed by atoms with Crippen molar-refractivity contribution in [2.24, 2.45) is 5.92 Å². The number of benzene rings is 2. The molecule has 0 bridgehead atoms. The number of hydrogen-bond acceptors (Lipinski definition) is 6. The summed E-state index contributed by atoms with van der Waals surface area (Å²) in [5.74, 6) is 0.169. The van der Waals surface area contributed by atoms with Gasteiger partial charge in [0, 0.05) is 37.1 Å². The van der Waals surface area contributed by atoms with Gasteiger partial charge in [0.2, 0.25) is 27.6 Å². The van der Waals surface area contributed by atoms with Crippen LogP contribution in [0.25, 0.3) is 11.4 Å². The number of carbonyl (C=O) groups excluding carboxylic acids is 1. The highest BCUT2D eigenvalue weighted by Crippen LogP contribution is 2.29. The zero-order valence-electron chi connectivity index (χ0n) is 18.4. The third-order valence-corrected chi connectivity index (χ3v) is 7.99. The fourth-order valence-corrected chi connectivity index (χ4v) is 5.78. The second kappa shape index (κ2) is 9.62. The zero-order valence-corrected chi connectivity index (χ0v) is 20.0. The SMILES string of the molecule is Cc1nc(-c2ccc(C)c(S(=O)(=O)N3CCCC(C(=O)NCc4ccc(Cl)cc4)C3)c2)no1. The highest BCUT2D eigenvalue weighted by Gasteiger charge is 2.34. The Bertz CT molecular complexity index is 1260. The fraction of sp³-hybridized carbons (Fsp3) is 0.348. The summed E-state index contributed by atoms with van der Waals surface area (Å²) in [7, 11) is -3.80. The molecule has 33 heavy (non-hydrogen) atoms. The third kappa shape index (κ3) is 5.26. The van der Waals surface area contributed by atoms with Crippen LogP contribution in [-0.2, 0) is 21.4 Å². The minimum atomic E-state index is -3.80. The van der Waals surface area contributed by atoms with Crippen LogP contribution in [0.5, 0.6) is 0 Å². The van der Waals surface area contributed by atoms with E-state index >= 15 is 0 Å². The lowest BCUT2D eigenvalue weighted by molar-refractivity contribution is -0.126. The molecule has 1 aliphatic rings. The lowest BCUT2D eigenvalue weighted by atomic mass is 9.99. The first kappa shape index (κ1) is 23.4. The summed E-state index contributed by atoms with van der Waals surface area (Å²) in [5, 5.41) is 7.43. The molecule has 1 atom stereocenters. The van der Waals surface area contributed by atoms with Gasteiger partial charge in [0.15, 0.2) is 0 Å². The number of sulfonamides is 1. The average Bonchev–Trinajstić information content (AvgIpc) is 3.25. The summed E-state index contributed by atoms with van der Waals surface area (Å²) < 4.78 is 33.4. The van der Waals surface area contributed by atoms with Gasteiger partial charge in [-0.05, 0) is 49.1 Å². The number of halogens is 1. The number of amides is 1. The molecule has 2 heterocycles. The molecule has 1 saturated heterocycles. The van der Waals surface area contributed by atoms with Crippen LogP contribution in [0.2, 0.25) is 5.02 Å². The maximum absolute atomic E-state index is 13.5. The average molecular weight is 489 g/mol. The minimum absolute atomic E-state index is 0.139. The van der Waals surface area contributed by atoms with E-state index < -0.39 is 15.9 Å². The van der Waals surface area contributed by atoms with E-state index in [0.717, 1.165) is 5.56 Å². The minimum Gasteiger partial charge on any atom is -0.352 e. The largest absolute Gasteiger partial charge is 0.352 e. The highest BCUT2D eigenvalue weighted by molar-refractivity contribution is 7.89. The Balaban J connectivity index is 1.49. The van der Waals surface area contributed by atoms with E-state index in [4.69, 9.17) is 16.1 Å². The number of carbonyl (C=O) groups is 1. The van der Waals surface area contributed by atoms with Gasteiger partial charge >= 0.3 is 0 Å². The number of nitrogens with zero attached hydrogens (tertiary/aromatic N) is 3. The molecule has 1 unspecified atom stereocenters. The van der Waals surface area contributed by atoms with Crippen molar-refractivity contribution in [2.75, 3.05) is 13.1 Å². The number of aromatic nitrogens is 2. The standard InChI is InChI=1S/C23H25ClN4O4S/c1-15-5-8-18(22-26-16(2)32-27-22)12-21(15)33(30,31)28-11-3-4-19(14-28)23(29)25-13-17-6-9-20(24)10-7-17/h5-10,12,19H,3-4,11,13-14H2,1-2H3,(H,25,29). The van der Waals surface area contributed by atoms with E-state index in [1.165, 1.54) is 4.31 Å². The molecule has 10 heteroatoms. The zero-order chi connectivity index (χ0) is 23.6. The van der Waals surface area contributed by atoms with Crippen molar-refractivity contribution in [1.29, 1.82) is 0 Å². The van der Waals surface area contributed by atoms with E-state index in [-0.39, 0.29) is 17.3 Å². The topological polar surface area (TPSA) is 105 Å². The summed E-state index contributed by atoms with van der Waals surface area (Å²) in [6.45, 7) is 4.30. The Labute approximate surface area is 198 Å². The van der Waals surface area contributed by atoms with Crippen molar-refractivity contribution < 1.29 is 17.7 Å². The molecular formula is C23H25ClN4O4S. The number of rotatable bonds is 6. The van der Waals surface area contributed by atoms with Gasteiger partial charge in [0.25, 0.3) is 0 Å². The van der Waals surface area contributed by atoms with Gasteiger partial charge in [-0.3, -0.25) is 4.79 Å². The first-order valence-corrected chi connectivity index (χ1v) is 12.5. The predicted octanol–water partition coefficient (Wildman–Crippen LogP) is 3.72. The van der Waals surface area contributed by atoms with Crippen LogP contribution in [0.4, 0.5) is 0 Å². The Kier molecular flexibility index (Phi) is 6.83. The number of hydrogen-bond donors (Lipinski definition) is 1. The maximum Gasteiger partial charge on any atom is 0.243 e. The van der Waals surface area contributed by atoms with Crippen molar-refractivity contribution in [3.63, 3.8) is 0 Å². The third-order valence-electron chi connectivity index (χ3n) is 5.73. The van der Waals surface area contributed by atoms with Crippen molar-refractivity contribution in [1.82, 2.24) is 19.8 Å². The van der Waals surface area contributed by atoms with E-state index in [1.807, 2.05) is 12.1 Å². The van der Waals surface area contributed by atoms with Gasteiger partial charge in [0.05, 0.1) is 10.8 Å². The molecule has 0 aliphatic carbocycles.